The zero-order chi connectivity index (χ0) is 18.8. The molecular weight excluding hydrogens is 462 g/mol. The largest absolute Gasteiger partial charge is 0.489 e. The fourth-order valence-electron chi connectivity index (χ4n) is 2.25. The zero-order valence-electron chi connectivity index (χ0n) is 15.7. The van der Waals surface area contributed by atoms with Crippen LogP contribution in [-0.4, -0.2) is 37.2 Å². The summed E-state index contributed by atoms with van der Waals surface area (Å²) < 4.78 is 24.2. The monoisotopic (exact) mass is 488 g/mol. The smallest absolute Gasteiger partial charge is 0.218 e. The van der Waals surface area contributed by atoms with Gasteiger partial charge in [0.25, 0.3) is 0 Å². The number of aliphatic imine (C=N–C) groups is 1. The molecule has 2 aromatic rings. The average Bonchev–Trinajstić information content (AvgIpc) is 2.65. The molecule has 0 aliphatic carbocycles. The van der Waals surface area contributed by atoms with E-state index in [-0.39, 0.29) is 35.9 Å². The molecule has 0 spiro atoms. The van der Waals surface area contributed by atoms with Crippen LogP contribution in [0.2, 0.25) is 0 Å². The Balaban J connectivity index is 0.00000364. The molecule has 6 nitrogen and oxygen atoms in total. The first-order chi connectivity index (χ1) is 12.6. The number of aromatic nitrogens is 1. The predicted octanol–water partition coefficient (Wildman–Crippen LogP) is 3.37. The van der Waals surface area contributed by atoms with Crippen LogP contribution < -0.4 is 20.1 Å². The third kappa shape index (κ3) is 7.98. The summed E-state index contributed by atoms with van der Waals surface area (Å²) in [6, 6.07) is 9.79. The van der Waals surface area contributed by atoms with Gasteiger partial charge in [-0.15, -0.1) is 24.0 Å². The van der Waals surface area contributed by atoms with Gasteiger partial charge in [-0.3, -0.25) is 4.99 Å². The lowest BCUT2D eigenvalue weighted by atomic mass is 10.2. The minimum Gasteiger partial charge on any atom is -0.489 e. The van der Waals surface area contributed by atoms with E-state index in [0.717, 1.165) is 5.56 Å². The molecule has 148 valence electrons. The van der Waals surface area contributed by atoms with Gasteiger partial charge in [0.1, 0.15) is 17.7 Å². The molecule has 0 saturated carbocycles. The van der Waals surface area contributed by atoms with E-state index >= 15 is 0 Å². The van der Waals surface area contributed by atoms with Crippen molar-refractivity contribution in [2.75, 3.05) is 20.2 Å². The highest BCUT2D eigenvalue weighted by Crippen LogP contribution is 2.14. The van der Waals surface area contributed by atoms with Crippen LogP contribution in [-0.2, 0) is 6.54 Å². The molecule has 2 rings (SSSR count). The van der Waals surface area contributed by atoms with E-state index in [1.165, 1.54) is 12.1 Å². The van der Waals surface area contributed by atoms with Gasteiger partial charge in [0.05, 0.1) is 13.2 Å². The van der Waals surface area contributed by atoms with Crippen LogP contribution in [0, 0.1) is 5.82 Å². The Morgan fingerprint density at radius 3 is 2.63 bits per heavy atom. The second-order valence-corrected chi connectivity index (χ2v) is 5.59. The van der Waals surface area contributed by atoms with Crippen LogP contribution in [0.25, 0.3) is 0 Å². The standard InChI is InChI=1S/C19H25FN4O2.HI/c1-4-25-18-15(6-5-11-22-18)13-24-19(21-3)23-12-14(2)26-17-9-7-16(20)8-10-17;/h5-11,14H,4,12-13H2,1-3H3,(H2,21,23,24);1H. The van der Waals surface area contributed by atoms with Gasteiger partial charge in [0, 0.05) is 25.4 Å². The van der Waals surface area contributed by atoms with Gasteiger partial charge in [-0.1, -0.05) is 6.07 Å². The minimum absolute atomic E-state index is 0. The topological polar surface area (TPSA) is 67.8 Å². The summed E-state index contributed by atoms with van der Waals surface area (Å²) in [5.74, 6) is 1.60. The van der Waals surface area contributed by atoms with Gasteiger partial charge in [0.2, 0.25) is 5.88 Å². The molecule has 0 aliphatic heterocycles. The molecule has 1 atom stereocenters. The summed E-state index contributed by atoms with van der Waals surface area (Å²) in [5.41, 5.74) is 0.952. The number of nitrogens with zero attached hydrogens (tertiary/aromatic N) is 2. The summed E-state index contributed by atoms with van der Waals surface area (Å²) in [5, 5.41) is 6.43. The van der Waals surface area contributed by atoms with Crippen LogP contribution in [0.3, 0.4) is 0 Å². The van der Waals surface area contributed by atoms with Gasteiger partial charge in [-0.25, -0.2) is 9.37 Å². The predicted molar refractivity (Wildman–Crippen MR) is 116 cm³/mol. The summed E-state index contributed by atoms with van der Waals surface area (Å²) in [6.45, 7) is 5.50. The van der Waals surface area contributed by atoms with Crippen molar-refractivity contribution >= 4 is 29.9 Å². The third-order valence-electron chi connectivity index (χ3n) is 3.51. The Labute approximate surface area is 176 Å². The SMILES string of the molecule is CCOc1ncccc1CNC(=NC)NCC(C)Oc1ccc(F)cc1.I. The van der Waals surface area contributed by atoms with Crippen molar-refractivity contribution in [2.24, 2.45) is 4.99 Å². The second-order valence-electron chi connectivity index (χ2n) is 5.59. The van der Waals surface area contributed by atoms with Crippen LogP contribution >= 0.6 is 24.0 Å². The van der Waals surface area contributed by atoms with Gasteiger partial charge in [-0.05, 0) is 44.2 Å². The first-order valence-corrected chi connectivity index (χ1v) is 8.55. The van der Waals surface area contributed by atoms with Crippen molar-refractivity contribution in [2.45, 2.75) is 26.5 Å². The van der Waals surface area contributed by atoms with Gasteiger partial charge < -0.3 is 20.1 Å². The van der Waals surface area contributed by atoms with Crippen molar-refractivity contribution in [3.8, 4) is 11.6 Å². The van der Waals surface area contributed by atoms with Crippen LogP contribution in [0.15, 0.2) is 47.6 Å². The zero-order valence-corrected chi connectivity index (χ0v) is 18.1. The van der Waals surface area contributed by atoms with Crippen molar-refractivity contribution in [3.05, 3.63) is 54.0 Å². The molecule has 1 heterocycles. The normalized spacial score (nSPS) is 11.9. The molecule has 8 heteroatoms. The number of guanidine groups is 1. The number of hydrogen-bond donors (Lipinski definition) is 2. The number of benzene rings is 1. The Bertz CT molecular complexity index is 713. The fraction of sp³-hybridized carbons (Fsp3) is 0.368. The van der Waals surface area contributed by atoms with E-state index < -0.39 is 0 Å². The summed E-state index contributed by atoms with van der Waals surface area (Å²) in [4.78, 5) is 8.43. The van der Waals surface area contributed by atoms with Crippen molar-refractivity contribution < 1.29 is 13.9 Å². The molecule has 27 heavy (non-hydrogen) atoms. The lowest BCUT2D eigenvalue weighted by Gasteiger charge is -2.18. The first kappa shape index (κ1) is 22.9. The van der Waals surface area contributed by atoms with E-state index in [2.05, 4.69) is 20.6 Å². The number of ether oxygens (including phenoxy) is 2. The highest BCUT2D eigenvalue weighted by molar-refractivity contribution is 14.0. The Kier molecular flexibility index (Phi) is 10.5. The van der Waals surface area contributed by atoms with Crippen LogP contribution in [0.1, 0.15) is 19.4 Å². The van der Waals surface area contributed by atoms with E-state index in [4.69, 9.17) is 9.47 Å². The number of pyridine rings is 1. The quantitative estimate of drug-likeness (QED) is 0.339. The number of hydrogen-bond acceptors (Lipinski definition) is 4. The molecule has 0 bridgehead atoms. The summed E-state index contributed by atoms with van der Waals surface area (Å²) in [6.07, 6.45) is 1.59. The first-order valence-electron chi connectivity index (χ1n) is 8.55. The Morgan fingerprint density at radius 2 is 1.96 bits per heavy atom. The molecule has 0 amide bonds. The van der Waals surface area contributed by atoms with Crippen LogP contribution in [0.4, 0.5) is 4.39 Å². The van der Waals surface area contributed by atoms with E-state index in [0.29, 0.717) is 37.3 Å². The number of nitrogens with one attached hydrogen (secondary N) is 2. The molecule has 0 fully saturated rings. The molecular formula is C19H26FIN4O2. The van der Waals surface area contributed by atoms with Gasteiger partial charge >= 0.3 is 0 Å². The number of halogens is 2. The molecule has 1 aromatic heterocycles. The fourth-order valence-corrected chi connectivity index (χ4v) is 2.25. The van der Waals surface area contributed by atoms with Crippen LogP contribution in [0.5, 0.6) is 11.6 Å². The summed E-state index contributed by atoms with van der Waals surface area (Å²) in [7, 11) is 1.70. The highest BCUT2D eigenvalue weighted by Gasteiger charge is 2.08. The molecule has 0 radical (unpaired) electrons. The third-order valence-corrected chi connectivity index (χ3v) is 3.51. The lowest BCUT2D eigenvalue weighted by Crippen LogP contribution is -2.41. The van der Waals surface area contributed by atoms with E-state index in [1.54, 1.807) is 25.4 Å². The average molecular weight is 488 g/mol. The minimum atomic E-state index is -0.283. The highest BCUT2D eigenvalue weighted by atomic mass is 127. The summed E-state index contributed by atoms with van der Waals surface area (Å²) >= 11 is 0. The Morgan fingerprint density at radius 1 is 1.22 bits per heavy atom. The van der Waals surface area contributed by atoms with Gasteiger partial charge in [0.15, 0.2) is 5.96 Å². The van der Waals surface area contributed by atoms with Crippen molar-refractivity contribution in [1.82, 2.24) is 15.6 Å². The molecule has 0 aliphatic rings. The maximum Gasteiger partial charge on any atom is 0.218 e. The Hall–Kier alpha value is -2.10. The molecule has 1 aromatic carbocycles. The molecule has 1 unspecified atom stereocenters. The maximum atomic E-state index is 12.9. The number of rotatable bonds is 8. The maximum absolute atomic E-state index is 12.9. The van der Waals surface area contributed by atoms with E-state index in [1.807, 2.05) is 26.0 Å². The van der Waals surface area contributed by atoms with E-state index in [9.17, 15) is 4.39 Å². The molecule has 2 N–H and O–H groups in total. The second kappa shape index (κ2) is 12.3. The molecule has 0 saturated heterocycles. The van der Waals surface area contributed by atoms with Crippen molar-refractivity contribution in [3.63, 3.8) is 0 Å². The van der Waals surface area contributed by atoms with Gasteiger partial charge in [-0.2, -0.15) is 0 Å². The lowest BCUT2D eigenvalue weighted by molar-refractivity contribution is 0.223. The van der Waals surface area contributed by atoms with Crippen molar-refractivity contribution in [1.29, 1.82) is 0 Å².